The van der Waals surface area contributed by atoms with Gasteiger partial charge in [-0.2, -0.15) is 0 Å². The molecule has 0 radical (unpaired) electrons. The summed E-state index contributed by atoms with van der Waals surface area (Å²) in [6, 6.07) is 11.2. The summed E-state index contributed by atoms with van der Waals surface area (Å²) in [5.74, 6) is 1.08. The van der Waals surface area contributed by atoms with Crippen LogP contribution in [0.2, 0.25) is 0 Å². The van der Waals surface area contributed by atoms with Gasteiger partial charge in [0.05, 0.1) is 13.7 Å². The van der Waals surface area contributed by atoms with Crippen molar-refractivity contribution >= 4 is 12.0 Å². The number of aromatic nitrogens is 1. The van der Waals surface area contributed by atoms with E-state index in [4.69, 9.17) is 9.47 Å². The third-order valence-corrected chi connectivity index (χ3v) is 3.13. The molecule has 5 nitrogen and oxygen atoms in total. The fourth-order valence-electron chi connectivity index (χ4n) is 2.05. The van der Waals surface area contributed by atoms with Gasteiger partial charge in [0.2, 0.25) is 11.8 Å². The van der Waals surface area contributed by atoms with Gasteiger partial charge in [-0.1, -0.05) is 24.3 Å². The molecule has 0 saturated heterocycles. The van der Waals surface area contributed by atoms with Crippen LogP contribution in [-0.2, 0) is 11.3 Å². The lowest BCUT2D eigenvalue weighted by atomic mass is 10.2. The first-order valence-electron chi connectivity index (χ1n) is 7.40. The summed E-state index contributed by atoms with van der Waals surface area (Å²) in [6.45, 7) is 2.86. The van der Waals surface area contributed by atoms with E-state index in [0.717, 1.165) is 16.9 Å². The highest BCUT2D eigenvalue weighted by Crippen LogP contribution is 2.19. The minimum atomic E-state index is -0.192. The van der Waals surface area contributed by atoms with E-state index >= 15 is 0 Å². The van der Waals surface area contributed by atoms with Crippen LogP contribution in [0, 0.1) is 0 Å². The van der Waals surface area contributed by atoms with E-state index in [-0.39, 0.29) is 5.91 Å². The van der Waals surface area contributed by atoms with Crippen molar-refractivity contribution in [2.45, 2.75) is 13.5 Å². The number of carbonyl (C=O) groups is 1. The predicted molar refractivity (Wildman–Crippen MR) is 89.3 cm³/mol. The SMILES string of the molecule is CCOc1ccccc1/C=C/C(=O)NCc1cccnc1OC. The number of nitrogens with zero attached hydrogens (tertiary/aromatic N) is 1. The maximum absolute atomic E-state index is 12.0. The normalized spacial score (nSPS) is 10.5. The van der Waals surface area contributed by atoms with E-state index in [1.807, 2.05) is 37.3 Å². The number of carbonyl (C=O) groups excluding carboxylic acids is 1. The van der Waals surface area contributed by atoms with Gasteiger partial charge < -0.3 is 14.8 Å². The molecule has 23 heavy (non-hydrogen) atoms. The van der Waals surface area contributed by atoms with Crippen molar-refractivity contribution in [2.24, 2.45) is 0 Å². The molecular formula is C18H20N2O3. The second-order valence-corrected chi connectivity index (χ2v) is 4.69. The first-order chi connectivity index (χ1) is 11.2. The summed E-state index contributed by atoms with van der Waals surface area (Å²) in [5.41, 5.74) is 1.69. The van der Waals surface area contributed by atoms with E-state index in [0.29, 0.717) is 19.0 Å². The Morgan fingerprint density at radius 2 is 2.09 bits per heavy atom. The van der Waals surface area contributed by atoms with E-state index in [1.165, 1.54) is 6.08 Å². The summed E-state index contributed by atoms with van der Waals surface area (Å²) >= 11 is 0. The minimum Gasteiger partial charge on any atom is -0.493 e. The Morgan fingerprint density at radius 3 is 2.87 bits per heavy atom. The van der Waals surface area contributed by atoms with Crippen molar-refractivity contribution in [2.75, 3.05) is 13.7 Å². The van der Waals surface area contributed by atoms with Crippen LogP contribution in [0.3, 0.4) is 0 Å². The highest BCUT2D eigenvalue weighted by atomic mass is 16.5. The van der Waals surface area contributed by atoms with Crippen LogP contribution < -0.4 is 14.8 Å². The molecule has 1 amide bonds. The lowest BCUT2D eigenvalue weighted by Gasteiger charge is -2.07. The molecule has 2 rings (SSSR count). The smallest absolute Gasteiger partial charge is 0.244 e. The van der Waals surface area contributed by atoms with Gasteiger partial charge in [0.1, 0.15) is 5.75 Å². The molecular weight excluding hydrogens is 292 g/mol. The Bertz CT molecular complexity index is 683. The maximum Gasteiger partial charge on any atom is 0.244 e. The topological polar surface area (TPSA) is 60.5 Å². The summed E-state index contributed by atoms with van der Waals surface area (Å²) in [6.07, 6.45) is 4.87. The van der Waals surface area contributed by atoms with Crippen molar-refractivity contribution in [3.05, 3.63) is 59.8 Å². The first-order valence-corrected chi connectivity index (χ1v) is 7.40. The van der Waals surface area contributed by atoms with Gasteiger partial charge in [-0.05, 0) is 25.1 Å². The van der Waals surface area contributed by atoms with Crippen LogP contribution in [0.4, 0.5) is 0 Å². The molecule has 0 saturated carbocycles. The molecule has 0 spiro atoms. The van der Waals surface area contributed by atoms with Gasteiger partial charge in [0.25, 0.3) is 0 Å². The molecule has 1 aromatic carbocycles. The molecule has 0 unspecified atom stereocenters. The summed E-state index contributed by atoms with van der Waals surface area (Å²) < 4.78 is 10.7. The number of benzene rings is 1. The fourth-order valence-corrected chi connectivity index (χ4v) is 2.05. The zero-order valence-corrected chi connectivity index (χ0v) is 13.3. The Morgan fingerprint density at radius 1 is 1.26 bits per heavy atom. The maximum atomic E-state index is 12.0. The van der Waals surface area contributed by atoms with Crippen LogP contribution in [0.25, 0.3) is 6.08 Å². The predicted octanol–water partition coefficient (Wildman–Crippen LogP) is 2.82. The third-order valence-electron chi connectivity index (χ3n) is 3.13. The number of rotatable bonds is 7. The monoisotopic (exact) mass is 312 g/mol. The Labute approximate surface area is 136 Å². The molecule has 2 aromatic rings. The molecule has 0 aliphatic carbocycles. The lowest BCUT2D eigenvalue weighted by Crippen LogP contribution is -2.20. The summed E-state index contributed by atoms with van der Waals surface area (Å²) in [5, 5.41) is 2.81. The Hall–Kier alpha value is -2.82. The highest BCUT2D eigenvalue weighted by molar-refractivity contribution is 5.92. The number of nitrogens with one attached hydrogen (secondary N) is 1. The molecule has 0 atom stereocenters. The number of amides is 1. The van der Waals surface area contributed by atoms with Gasteiger partial charge in [0, 0.05) is 29.9 Å². The Balaban J connectivity index is 1.97. The summed E-state index contributed by atoms with van der Waals surface area (Å²) in [4.78, 5) is 16.1. The van der Waals surface area contributed by atoms with Crippen molar-refractivity contribution in [1.82, 2.24) is 10.3 Å². The molecule has 1 heterocycles. The standard InChI is InChI=1S/C18H20N2O3/c1-3-23-16-9-5-4-7-14(16)10-11-17(21)20-13-15-8-6-12-19-18(15)22-2/h4-12H,3,13H2,1-2H3,(H,20,21)/b11-10+. The number of methoxy groups -OCH3 is 1. The van der Waals surface area contributed by atoms with E-state index < -0.39 is 0 Å². The number of ether oxygens (including phenoxy) is 2. The molecule has 0 bridgehead atoms. The number of hydrogen-bond donors (Lipinski definition) is 1. The average molecular weight is 312 g/mol. The van der Waals surface area contributed by atoms with Crippen molar-refractivity contribution < 1.29 is 14.3 Å². The fraction of sp³-hybridized carbons (Fsp3) is 0.222. The first kappa shape index (κ1) is 16.5. The second kappa shape index (κ2) is 8.58. The molecule has 0 aliphatic rings. The van der Waals surface area contributed by atoms with E-state index in [2.05, 4.69) is 10.3 Å². The van der Waals surface area contributed by atoms with Gasteiger partial charge in [0.15, 0.2) is 0 Å². The lowest BCUT2D eigenvalue weighted by molar-refractivity contribution is -0.116. The second-order valence-electron chi connectivity index (χ2n) is 4.69. The van der Waals surface area contributed by atoms with Gasteiger partial charge in [-0.25, -0.2) is 4.98 Å². The van der Waals surface area contributed by atoms with Gasteiger partial charge >= 0.3 is 0 Å². The van der Waals surface area contributed by atoms with Crippen molar-refractivity contribution in [3.63, 3.8) is 0 Å². The quantitative estimate of drug-likeness (QED) is 0.799. The van der Waals surface area contributed by atoms with Crippen LogP contribution in [0.15, 0.2) is 48.7 Å². The third kappa shape index (κ3) is 4.85. The van der Waals surface area contributed by atoms with Crippen LogP contribution in [-0.4, -0.2) is 24.6 Å². The number of pyridine rings is 1. The minimum absolute atomic E-state index is 0.192. The van der Waals surface area contributed by atoms with Gasteiger partial charge in [-0.3, -0.25) is 4.79 Å². The molecule has 1 N–H and O–H groups in total. The van der Waals surface area contributed by atoms with Crippen molar-refractivity contribution in [1.29, 1.82) is 0 Å². The number of para-hydroxylation sites is 1. The van der Waals surface area contributed by atoms with Gasteiger partial charge in [-0.15, -0.1) is 0 Å². The van der Waals surface area contributed by atoms with Crippen LogP contribution >= 0.6 is 0 Å². The highest BCUT2D eigenvalue weighted by Gasteiger charge is 2.04. The molecule has 1 aromatic heterocycles. The van der Waals surface area contributed by atoms with E-state index in [9.17, 15) is 4.79 Å². The molecule has 5 heteroatoms. The molecule has 120 valence electrons. The average Bonchev–Trinajstić information content (AvgIpc) is 2.59. The largest absolute Gasteiger partial charge is 0.493 e. The van der Waals surface area contributed by atoms with Crippen LogP contribution in [0.1, 0.15) is 18.1 Å². The van der Waals surface area contributed by atoms with Crippen LogP contribution in [0.5, 0.6) is 11.6 Å². The molecule has 0 fully saturated rings. The number of hydrogen-bond acceptors (Lipinski definition) is 4. The van der Waals surface area contributed by atoms with Crippen molar-refractivity contribution in [3.8, 4) is 11.6 Å². The summed E-state index contributed by atoms with van der Waals surface area (Å²) in [7, 11) is 1.55. The zero-order chi connectivity index (χ0) is 16.5. The molecule has 0 aliphatic heterocycles. The zero-order valence-electron chi connectivity index (χ0n) is 13.3. The Kier molecular flexibility index (Phi) is 6.17. The van der Waals surface area contributed by atoms with E-state index in [1.54, 1.807) is 25.4 Å².